The Bertz CT molecular complexity index is 998. The molecule has 0 aliphatic heterocycles. The van der Waals surface area contributed by atoms with Crippen LogP contribution in [0.25, 0.3) is 10.2 Å². The Morgan fingerprint density at radius 1 is 1.31 bits per heavy atom. The molecule has 3 rings (SSSR count). The van der Waals surface area contributed by atoms with Crippen molar-refractivity contribution in [1.82, 2.24) is 15.0 Å². The summed E-state index contributed by atoms with van der Waals surface area (Å²) in [5.74, 6) is -0.469. The third-order valence-corrected chi connectivity index (χ3v) is 5.15. The predicted molar refractivity (Wildman–Crippen MR) is 100 cm³/mol. The summed E-state index contributed by atoms with van der Waals surface area (Å²) in [6.07, 6.45) is 1.63. The summed E-state index contributed by atoms with van der Waals surface area (Å²) in [4.78, 5) is 36.3. The van der Waals surface area contributed by atoms with Gasteiger partial charge in [0.1, 0.15) is 21.2 Å². The lowest BCUT2D eigenvalue weighted by molar-refractivity contribution is 0.0455. The summed E-state index contributed by atoms with van der Waals surface area (Å²) in [5, 5.41) is 0.612. The first-order valence-electron chi connectivity index (χ1n) is 7.64. The molecule has 3 heterocycles. The quantitative estimate of drug-likeness (QED) is 0.586. The van der Waals surface area contributed by atoms with Gasteiger partial charge >= 0.3 is 11.9 Å². The van der Waals surface area contributed by atoms with Crippen molar-refractivity contribution in [3.8, 4) is 0 Å². The Labute approximate surface area is 160 Å². The number of carbonyl (C=O) groups excluding carboxylic acids is 2. The van der Waals surface area contributed by atoms with Crippen LogP contribution < -0.4 is 5.73 Å². The standard InChI is InChI=1S/C16H15BrN4O4S/c1-3-24-16(23)12-7(2)11-13(18)20-10(21-14(11)26-12)6-25-15(22)9-4-8(17)5-19-9/h4-5,19H,3,6H2,1-2H3,(H2,18,20,21). The van der Waals surface area contributed by atoms with Crippen molar-refractivity contribution in [3.63, 3.8) is 0 Å². The van der Waals surface area contributed by atoms with Gasteiger partial charge < -0.3 is 20.2 Å². The Morgan fingerprint density at radius 2 is 2.08 bits per heavy atom. The minimum absolute atomic E-state index is 0.138. The molecule has 3 aromatic heterocycles. The van der Waals surface area contributed by atoms with Crippen LogP contribution >= 0.6 is 27.3 Å². The van der Waals surface area contributed by atoms with E-state index in [0.717, 1.165) is 4.47 Å². The van der Waals surface area contributed by atoms with Gasteiger partial charge in [-0.3, -0.25) is 0 Å². The zero-order valence-electron chi connectivity index (χ0n) is 14.0. The summed E-state index contributed by atoms with van der Waals surface area (Å²) < 4.78 is 11.0. The number of aryl methyl sites for hydroxylation is 1. The number of aromatic amines is 1. The van der Waals surface area contributed by atoms with Crippen molar-refractivity contribution in [1.29, 1.82) is 0 Å². The first-order valence-corrected chi connectivity index (χ1v) is 9.25. The zero-order chi connectivity index (χ0) is 18.8. The number of thiophene rings is 1. The number of halogens is 1. The van der Waals surface area contributed by atoms with E-state index in [1.54, 1.807) is 26.1 Å². The molecule has 136 valence electrons. The minimum Gasteiger partial charge on any atom is -0.462 e. The largest absolute Gasteiger partial charge is 0.462 e. The fraction of sp³-hybridized carbons (Fsp3) is 0.250. The highest BCUT2D eigenvalue weighted by atomic mass is 79.9. The molecule has 8 nitrogen and oxygen atoms in total. The third-order valence-electron chi connectivity index (χ3n) is 3.53. The average molecular weight is 439 g/mol. The van der Waals surface area contributed by atoms with Crippen LogP contribution in [-0.2, 0) is 16.1 Å². The van der Waals surface area contributed by atoms with Crippen molar-refractivity contribution in [2.24, 2.45) is 0 Å². The number of fused-ring (bicyclic) bond motifs is 1. The Morgan fingerprint density at radius 3 is 2.73 bits per heavy atom. The van der Waals surface area contributed by atoms with Gasteiger partial charge in [0.15, 0.2) is 12.4 Å². The van der Waals surface area contributed by atoms with Gasteiger partial charge in [0.25, 0.3) is 0 Å². The molecule has 26 heavy (non-hydrogen) atoms. The minimum atomic E-state index is -0.535. The highest BCUT2D eigenvalue weighted by molar-refractivity contribution is 9.10. The number of aromatic nitrogens is 3. The molecule has 0 aliphatic carbocycles. The topological polar surface area (TPSA) is 120 Å². The van der Waals surface area contributed by atoms with Crippen LogP contribution in [0.2, 0.25) is 0 Å². The summed E-state index contributed by atoms with van der Waals surface area (Å²) in [6.45, 7) is 3.66. The second-order valence-corrected chi connectivity index (χ2v) is 7.20. The van der Waals surface area contributed by atoms with Crippen LogP contribution in [-0.4, -0.2) is 33.5 Å². The van der Waals surface area contributed by atoms with Crippen LogP contribution in [0.15, 0.2) is 16.7 Å². The van der Waals surface area contributed by atoms with Crippen molar-refractivity contribution in [2.45, 2.75) is 20.5 Å². The van der Waals surface area contributed by atoms with Crippen LogP contribution in [0.1, 0.15) is 38.5 Å². The molecular formula is C16H15BrN4O4S. The number of esters is 2. The van der Waals surface area contributed by atoms with E-state index in [9.17, 15) is 9.59 Å². The van der Waals surface area contributed by atoms with Crippen molar-refractivity contribution >= 4 is 55.2 Å². The van der Waals surface area contributed by atoms with Gasteiger partial charge in [0.2, 0.25) is 0 Å². The molecule has 0 amide bonds. The summed E-state index contributed by atoms with van der Waals surface area (Å²) >= 11 is 4.42. The molecule has 0 aromatic carbocycles. The first kappa shape index (κ1) is 18.3. The number of nitrogens with two attached hydrogens (primary N) is 1. The second-order valence-electron chi connectivity index (χ2n) is 5.29. The maximum Gasteiger partial charge on any atom is 0.355 e. The molecule has 0 aliphatic rings. The fourth-order valence-electron chi connectivity index (χ4n) is 2.37. The number of H-pyrrole nitrogens is 1. The third kappa shape index (κ3) is 3.56. The number of carbonyl (C=O) groups is 2. The van der Waals surface area contributed by atoms with E-state index in [1.807, 2.05) is 0 Å². The van der Waals surface area contributed by atoms with Crippen molar-refractivity contribution in [3.05, 3.63) is 38.7 Å². The van der Waals surface area contributed by atoms with E-state index in [1.165, 1.54) is 11.3 Å². The van der Waals surface area contributed by atoms with Crippen molar-refractivity contribution in [2.75, 3.05) is 12.3 Å². The molecule has 3 N–H and O–H groups in total. The number of nitrogen functional groups attached to an aromatic ring is 1. The average Bonchev–Trinajstić information content (AvgIpc) is 3.17. The first-order chi connectivity index (χ1) is 12.4. The Kier molecular flexibility index (Phi) is 5.23. The van der Waals surface area contributed by atoms with E-state index in [4.69, 9.17) is 15.2 Å². The van der Waals surface area contributed by atoms with E-state index < -0.39 is 11.9 Å². The number of nitrogens with zero attached hydrogens (tertiary/aromatic N) is 2. The monoisotopic (exact) mass is 438 g/mol. The van der Waals surface area contributed by atoms with Gasteiger partial charge in [-0.2, -0.15) is 0 Å². The molecule has 3 aromatic rings. The van der Waals surface area contributed by atoms with E-state index in [0.29, 0.717) is 26.4 Å². The normalized spacial score (nSPS) is 10.9. The smallest absolute Gasteiger partial charge is 0.355 e. The fourth-order valence-corrected chi connectivity index (χ4v) is 3.81. The van der Waals surface area contributed by atoms with Gasteiger partial charge in [0, 0.05) is 10.7 Å². The van der Waals surface area contributed by atoms with Gasteiger partial charge in [-0.15, -0.1) is 11.3 Å². The lowest BCUT2D eigenvalue weighted by Gasteiger charge is -2.04. The number of hydrogen-bond acceptors (Lipinski definition) is 8. The van der Waals surface area contributed by atoms with Gasteiger partial charge in [-0.25, -0.2) is 19.6 Å². The number of hydrogen-bond donors (Lipinski definition) is 2. The second kappa shape index (κ2) is 7.42. The van der Waals surface area contributed by atoms with Gasteiger partial charge in [-0.05, 0) is 41.4 Å². The van der Waals surface area contributed by atoms with Crippen LogP contribution in [0, 0.1) is 6.92 Å². The highest BCUT2D eigenvalue weighted by Gasteiger charge is 2.21. The number of nitrogens with one attached hydrogen (secondary N) is 1. The maximum atomic E-state index is 12.0. The summed E-state index contributed by atoms with van der Waals surface area (Å²) in [7, 11) is 0. The molecule has 0 spiro atoms. The van der Waals surface area contributed by atoms with Crippen LogP contribution in [0.3, 0.4) is 0 Å². The van der Waals surface area contributed by atoms with Gasteiger partial charge in [0.05, 0.1) is 12.0 Å². The van der Waals surface area contributed by atoms with Crippen LogP contribution in [0.4, 0.5) is 5.82 Å². The summed E-state index contributed by atoms with van der Waals surface area (Å²) in [6, 6.07) is 1.61. The molecule has 0 radical (unpaired) electrons. The molecular weight excluding hydrogens is 424 g/mol. The zero-order valence-corrected chi connectivity index (χ0v) is 16.4. The molecule has 0 saturated heterocycles. The molecule has 0 unspecified atom stereocenters. The van der Waals surface area contributed by atoms with Gasteiger partial charge in [-0.1, -0.05) is 0 Å². The lowest BCUT2D eigenvalue weighted by Crippen LogP contribution is -2.08. The van der Waals surface area contributed by atoms with E-state index in [-0.39, 0.29) is 24.9 Å². The Balaban J connectivity index is 1.84. The molecule has 0 fully saturated rings. The van der Waals surface area contributed by atoms with E-state index in [2.05, 4.69) is 30.9 Å². The Hall–Kier alpha value is -2.46. The maximum absolute atomic E-state index is 12.0. The number of ether oxygens (including phenoxy) is 2. The lowest BCUT2D eigenvalue weighted by atomic mass is 10.2. The molecule has 0 atom stereocenters. The molecule has 0 saturated carbocycles. The summed E-state index contributed by atoms with van der Waals surface area (Å²) in [5.41, 5.74) is 7.01. The van der Waals surface area contributed by atoms with Crippen molar-refractivity contribution < 1.29 is 19.1 Å². The van der Waals surface area contributed by atoms with E-state index >= 15 is 0 Å². The predicted octanol–water partition coefficient (Wildman–Crippen LogP) is 3.21. The highest BCUT2D eigenvalue weighted by Crippen LogP contribution is 2.33. The number of rotatable bonds is 5. The number of anilines is 1. The molecule has 0 bridgehead atoms. The SMILES string of the molecule is CCOC(=O)c1sc2nc(COC(=O)c3cc(Br)c[nH]3)nc(N)c2c1C. The van der Waals surface area contributed by atoms with Crippen LogP contribution in [0.5, 0.6) is 0 Å². The molecule has 10 heteroatoms.